The Morgan fingerprint density at radius 1 is 1.24 bits per heavy atom. The molecule has 0 aliphatic carbocycles. The summed E-state index contributed by atoms with van der Waals surface area (Å²) in [5.41, 5.74) is 0.790. The van der Waals surface area contributed by atoms with Crippen molar-refractivity contribution in [2.75, 3.05) is 13.1 Å². The quantitative estimate of drug-likeness (QED) is 0.929. The lowest BCUT2D eigenvalue weighted by molar-refractivity contribution is -0.140. The number of likely N-dealkylation sites (tertiary alicyclic amines) is 1. The van der Waals surface area contributed by atoms with Crippen LogP contribution in [0.4, 0.5) is 4.39 Å². The molecule has 1 aliphatic heterocycles. The van der Waals surface area contributed by atoms with Crippen LogP contribution in [0.5, 0.6) is 0 Å². The fourth-order valence-electron chi connectivity index (χ4n) is 2.63. The number of halogens is 1. The van der Waals surface area contributed by atoms with Gasteiger partial charge in [-0.1, -0.05) is 32.9 Å². The number of nitrogens with zero attached hydrogens (tertiary/aromatic N) is 1. The van der Waals surface area contributed by atoms with Gasteiger partial charge in [-0.3, -0.25) is 4.79 Å². The number of amides is 1. The maximum atomic E-state index is 12.8. The highest BCUT2D eigenvalue weighted by atomic mass is 19.1. The van der Waals surface area contributed by atoms with Gasteiger partial charge >= 0.3 is 0 Å². The smallest absolute Gasteiger partial charge is 0.227 e. The average Bonchev–Trinajstić information content (AvgIpc) is 2.45. The van der Waals surface area contributed by atoms with Crippen LogP contribution in [-0.4, -0.2) is 29.9 Å². The number of hydrogen-bond acceptors (Lipinski definition) is 2. The Balaban J connectivity index is 1.77. The zero-order valence-electron chi connectivity index (χ0n) is 13.2. The lowest BCUT2D eigenvalue weighted by atomic mass is 9.93. The van der Waals surface area contributed by atoms with Crippen molar-refractivity contribution in [3.8, 4) is 0 Å². The lowest BCUT2D eigenvalue weighted by Gasteiger charge is -2.36. The van der Waals surface area contributed by atoms with E-state index in [0.29, 0.717) is 6.04 Å². The van der Waals surface area contributed by atoms with Crippen molar-refractivity contribution in [3.63, 3.8) is 0 Å². The molecular weight excluding hydrogens is 267 g/mol. The minimum Gasteiger partial charge on any atom is -0.342 e. The molecule has 0 atom stereocenters. The first kappa shape index (κ1) is 16.0. The highest BCUT2D eigenvalue weighted by Crippen LogP contribution is 2.21. The zero-order valence-corrected chi connectivity index (χ0v) is 13.2. The molecule has 0 aromatic heterocycles. The first-order valence-corrected chi connectivity index (χ1v) is 7.63. The summed E-state index contributed by atoms with van der Waals surface area (Å²) < 4.78 is 12.8. The molecule has 1 amide bonds. The minimum absolute atomic E-state index is 0.201. The molecule has 0 spiro atoms. The normalized spacial score (nSPS) is 17.0. The van der Waals surface area contributed by atoms with Gasteiger partial charge < -0.3 is 10.2 Å². The second-order valence-corrected chi connectivity index (χ2v) is 6.82. The van der Waals surface area contributed by atoms with E-state index in [9.17, 15) is 9.18 Å². The molecular formula is C17H25FN2O. The topological polar surface area (TPSA) is 32.3 Å². The van der Waals surface area contributed by atoms with E-state index in [1.54, 1.807) is 12.1 Å². The number of piperidine rings is 1. The molecule has 1 aromatic rings. The Morgan fingerprint density at radius 2 is 1.81 bits per heavy atom. The first-order valence-electron chi connectivity index (χ1n) is 7.63. The molecule has 1 aromatic carbocycles. The second kappa shape index (κ2) is 6.56. The molecule has 1 fully saturated rings. The van der Waals surface area contributed by atoms with Gasteiger partial charge in [0, 0.05) is 31.1 Å². The van der Waals surface area contributed by atoms with Gasteiger partial charge in [0.15, 0.2) is 0 Å². The van der Waals surface area contributed by atoms with Crippen LogP contribution >= 0.6 is 0 Å². The molecule has 1 heterocycles. The monoisotopic (exact) mass is 292 g/mol. The van der Waals surface area contributed by atoms with Crippen molar-refractivity contribution < 1.29 is 9.18 Å². The van der Waals surface area contributed by atoms with Gasteiger partial charge in [0.1, 0.15) is 5.82 Å². The number of rotatable bonds is 3. The Hall–Kier alpha value is -1.42. The molecule has 116 valence electrons. The Kier molecular flexibility index (Phi) is 4.99. The van der Waals surface area contributed by atoms with E-state index >= 15 is 0 Å². The van der Waals surface area contributed by atoms with Crippen LogP contribution < -0.4 is 5.32 Å². The average molecular weight is 292 g/mol. The summed E-state index contributed by atoms with van der Waals surface area (Å²) in [7, 11) is 0. The van der Waals surface area contributed by atoms with Gasteiger partial charge in [-0.25, -0.2) is 4.39 Å². The molecule has 0 saturated carbocycles. The third-order valence-corrected chi connectivity index (χ3v) is 3.93. The van der Waals surface area contributed by atoms with Gasteiger partial charge in [-0.05, 0) is 30.5 Å². The van der Waals surface area contributed by atoms with Crippen LogP contribution in [0.1, 0.15) is 39.2 Å². The summed E-state index contributed by atoms with van der Waals surface area (Å²) in [5, 5.41) is 3.50. The van der Waals surface area contributed by atoms with Crippen LogP contribution in [0.3, 0.4) is 0 Å². The molecule has 21 heavy (non-hydrogen) atoms. The van der Waals surface area contributed by atoms with Crippen molar-refractivity contribution in [2.24, 2.45) is 5.41 Å². The number of carbonyl (C=O) groups is 1. The van der Waals surface area contributed by atoms with E-state index in [1.807, 2.05) is 25.7 Å². The van der Waals surface area contributed by atoms with Gasteiger partial charge in [-0.15, -0.1) is 0 Å². The van der Waals surface area contributed by atoms with E-state index in [2.05, 4.69) is 5.32 Å². The minimum atomic E-state index is -0.297. The number of carbonyl (C=O) groups excluding carboxylic acids is 1. The summed E-state index contributed by atoms with van der Waals surface area (Å²) in [6, 6.07) is 7.02. The maximum absolute atomic E-state index is 12.8. The first-order chi connectivity index (χ1) is 9.86. The summed E-state index contributed by atoms with van der Waals surface area (Å²) in [6.45, 7) is 8.28. The number of hydrogen-bond donors (Lipinski definition) is 1. The van der Waals surface area contributed by atoms with Crippen LogP contribution in [0.15, 0.2) is 24.3 Å². The van der Waals surface area contributed by atoms with Crippen LogP contribution in [-0.2, 0) is 11.3 Å². The Morgan fingerprint density at radius 3 is 2.33 bits per heavy atom. The third kappa shape index (κ3) is 4.53. The molecule has 0 radical (unpaired) electrons. The summed E-state index contributed by atoms with van der Waals surface area (Å²) in [5.74, 6) is 0.0345. The Labute approximate surface area is 126 Å². The van der Waals surface area contributed by atoms with E-state index in [4.69, 9.17) is 0 Å². The van der Waals surface area contributed by atoms with Crippen molar-refractivity contribution >= 4 is 5.91 Å². The molecule has 2 rings (SSSR count). The molecule has 3 nitrogen and oxygen atoms in total. The van der Waals surface area contributed by atoms with Crippen LogP contribution in [0.2, 0.25) is 0 Å². The SMILES string of the molecule is CC(C)(C)C(=O)N1CCC(NCc2ccc(F)cc2)CC1. The molecule has 4 heteroatoms. The van der Waals surface area contributed by atoms with Gasteiger partial charge in [-0.2, -0.15) is 0 Å². The predicted molar refractivity (Wildman–Crippen MR) is 82.3 cm³/mol. The zero-order chi connectivity index (χ0) is 15.5. The predicted octanol–water partition coefficient (Wildman–Crippen LogP) is 2.95. The highest BCUT2D eigenvalue weighted by Gasteiger charge is 2.30. The van der Waals surface area contributed by atoms with E-state index in [-0.39, 0.29) is 17.1 Å². The molecule has 1 aliphatic rings. The summed E-state index contributed by atoms with van der Waals surface area (Å²) in [6.07, 6.45) is 1.95. The van der Waals surface area contributed by atoms with Crippen molar-refractivity contribution in [1.82, 2.24) is 10.2 Å². The number of nitrogens with one attached hydrogen (secondary N) is 1. The number of benzene rings is 1. The van der Waals surface area contributed by atoms with Gasteiger partial charge in [0.25, 0.3) is 0 Å². The fraction of sp³-hybridized carbons (Fsp3) is 0.588. The molecule has 0 unspecified atom stereocenters. The lowest BCUT2D eigenvalue weighted by Crippen LogP contribution is -2.48. The van der Waals surface area contributed by atoms with Crippen molar-refractivity contribution in [2.45, 2.75) is 46.2 Å². The Bertz CT molecular complexity index is 471. The van der Waals surface area contributed by atoms with Crippen molar-refractivity contribution in [3.05, 3.63) is 35.6 Å². The maximum Gasteiger partial charge on any atom is 0.227 e. The second-order valence-electron chi connectivity index (χ2n) is 6.82. The molecule has 1 saturated heterocycles. The fourth-order valence-corrected chi connectivity index (χ4v) is 2.63. The standard InChI is InChI=1S/C17H25FN2O/c1-17(2,3)16(21)20-10-8-15(9-11-20)19-12-13-4-6-14(18)7-5-13/h4-7,15,19H,8-12H2,1-3H3. The van der Waals surface area contributed by atoms with E-state index in [1.165, 1.54) is 12.1 Å². The van der Waals surface area contributed by atoms with Gasteiger partial charge in [0.2, 0.25) is 5.91 Å². The van der Waals surface area contributed by atoms with Crippen LogP contribution in [0.25, 0.3) is 0 Å². The molecule has 0 bridgehead atoms. The summed E-state index contributed by atoms with van der Waals surface area (Å²) in [4.78, 5) is 14.2. The van der Waals surface area contributed by atoms with Crippen molar-refractivity contribution in [1.29, 1.82) is 0 Å². The highest BCUT2D eigenvalue weighted by molar-refractivity contribution is 5.81. The third-order valence-electron chi connectivity index (χ3n) is 3.93. The van der Waals surface area contributed by atoms with E-state index < -0.39 is 0 Å². The van der Waals surface area contributed by atoms with Gasteiger partial charge in [0.05, 0.1) is 0 Å². The largest absolute Gasteiger partial charge is 0.342 e. The summed E-state index contributed by atoms with van der Waals surface area (Å²) >= 11 is 0. The van der Waals surface area contributed by atoms with E-state index in [0.717, 1.165) is 38.0 Å². The molecule has 1 N–H and O–H groups in total. The van der Waals surface area contributed by atoms with Crippen LogP contribution in [0, 0.1) is 11.2 Å².